The molecule has 1 saturated heterocycles. The highest BCUT2D eigenvalue weighted by molar-refractivity contribution is 7.89. The molecule has 1 fully saturated rings. The maximum absolute atomic E-state index is 14.0. The number of nitrogens with one attached hydrogen (secondary N) is 1. The maximum atomic E-state index is 14.0. The van der Waals surface area contributed by atoms with Crippen LogP contribution in [0.4, 0.5) is 39.5 Å². The SMILES string of the molecule is CN1CC[C@@H](OC2=CC(NS(=O)(=O)c3ccc(Oc4cc(C(F)(F)F)cc(C(F)(F)F)c4)cc3)=CCC2(C)C(F)(F)F)C1. The summed E-state index contributed by atoms with van der Waals surface area (Å²) in [6.45, 7) is 1.97. The molecule has 6 nitrogen and oxygen atoms in total. The van der Waals surface area contributed by atoms with Crippen molar-refractivity contribution in [3.05, 3.63) is 77.2 Å². The fraction of sp³-hybridized carbons (Fsp3) is 0.407. The summed E-state index contributed by atoms with van der Waals surface area (Å²) in [6, 6.07) is 4.59. The van der Waals surface area contributed by atoms with Crippen LogP contribution in [-0.4, -0.2) is 45.7 Å². The smallest absolute Gasteiger partial charge is 0.416 e. The highest BCUT2D eigenvalue weighted by atomic mass is 32.2. The highest BCUT2D eigenvalue weighted by Gasteiger charge is 2.55. The molecule has 1 unspecified atom stereocenters. The summed E-state index contributed by atoms with van der Waals surface area (Å²) in [5.74, 6) is -1.51. The fourth-order valence-electron chi connectivity index (χ4n) is 4.46. The average molecular weight is 645 g/mol. The van der Waals surface area contributed by atoms with E-state index in [-0.39, 0.29) is 17.5 Å². The Kier molecular flexibility index (Phi) is 8.52. The minimum absolute atomic E-state index is 0.0669. The minimum atomic E-state index is -5.10. The van der Waals surface area contributed by atoms with Crippen molar-refractivity contribution in [2.24, 2.45) is 5.41 Å². The van der Waals surface area contributed by atoms with Crippen molar-refractivity contribution in [1.82, 2.24) is 9.62 Å². The Morgan fingerprint density at radius 1 is 0.907 bits per heavy atom. The molecule has 0 spiro atoms. The predicted molar refractivity (Wildman–Crippen MR) is 135 cm³/mol. The summed E-state index contributed by atoms with van der Waals surface area (Å²) in [5, 5.41) is 0. The first-order valence-electron chi connectivity index (χ1n) is 12.6. The van der Waals surface area contributed by atoms with Crippen molar-refractivity contribution < 1.29 is 57.4 Å². The second kappa shape index (κ2) is 11.3. The second-order valence-electron chi connectivity index (χ2n) is 10.4. The lowest BCUT2D eigenvalue weighted by molar-refractivity contribution is -0.217. The number of hydrogen-bond donors (Lipinski definition) is 1. The number of allylic oxidation sites excluding steroid dienone is 3. The first kappa shape index (κ1) is 32.5. The summed E-state index contributed by atoms with van der Waals surface area (Å²) in [7, 11) is -2.61. The Morgan fingerprint density at radius 2 is 1.49 bits per heavy atom. The summed E-state index contributed by atoms with van der Waals surface area (Å²) in [5.41, 5.74) is -5.76. The number of likely N-dealkylation sites (tertiary alicyclic amines) is 1. The maximum Gasteiger partial charge on any atom is 0.416 e. The molecular weight excluding hydrogens is 619 g/mol. The third-order valence-electron chi connectivity index (χ3n) is 7.01. The topological polar surface area (TPSA) is 67.9 Å². The number of sulfonamides is 1. The molecule has 0 aromatic heterocycles. The second-order valence-corrected chi connectivity index (χ2v) is 12.1. The molecule has 4 rings (SSSR count). The van der Waals surface area contributed by atoms with E-state index in [2.05, 4.69) is 4.72 Å². The van der Waals surface area contributed by atoms with Gasteiger partial charge in [-0.05, 0) is 69.3 Å². The van der Waals surface area contributed by atoms with Crippen molar-refractivity contribution in [2.45, 2.75) is 49.3 Å². The zero-order valence-corrected chi connectivity index (χ0v) is 23.3. The molecule has 0 saturated carbocycles. The van der Waals surface area contributed by atoms with Gasteiger partial charge in [0.2, 0.25) is 0 Å². The van der Waals surface area contributed by atoms with Crippen LogP contribution in [0.25, 0.3) is 0 Å². The van der Waals surface area contributed by atoms with E-state index in [0.717, 1.165) is 43.3 Å². The summed E-state index contributed by atoms with van der Waals surface area (Å²) in [4.78, 5) is 1.48. The number of hydrogen-bond acceptors (Lipinski definition) is 5. The van der Waals surface area contributed by atoms with Crippen LogP contribution in [-0.2, 0) is 27.1 Å². The van der Waals surface area contributed by atoms with Gasteiger partial charge in [-0.3, -0.25) is 4.72 Å². The molecule has 2 aliphatic rings. The number of ether oxygens (including phenoxy) is 2. The van der Waals surface area contributed by atoms with E-state index in [9.17, 15) is 47.9 Å². The Hall–Kier alpha value is -3.40. The standard InChI is InChI=1S/C27H25F9N2O4S/c1-24(27(34,35)36)9-7-18(14-23(24)42-20-8-10-38(2)15-20)37-43(39,40)22-5-3-19(4-6-22)41-21-12-16(25(28,29)30)11-17(13-21)26(31,32)33/h3-7,11-14,20,37H,8-10,15H2,1-2H3/t20-,24?/m1/s1. The molecule has 1 aliphatic heterocycles. The third kappa shape index (κ3) is 7.40. The lowest BCUT2D eigenvalue weighted by Crippen LogP contribution is -2.41. The lowest BCUT2D eigenvalue weighted by Gasteiger charge is -2.37. The van der Waals surface area contributed by atoms with Crippen molar-refractivity contribution in [3.8, 4) is 11.5 Å². The number of rotatable bonds is 7. The van der Waals surface area contributed by atoms with Gasteiger partial charge in [0.05, 0.1) is 16.0 Å². The number of halogens is 9. The van der Waals surface area contributed by atoms with Crippen LogP contribution in [0.1, 0.15) is 30.9 Å². The van der Waals surface area contributed by atoms with Gasteiger partial charge < -0.3 is 14.4 Å². The summed E-state index contributed by atoms with van der Waals surface area (Å²) in [6.07, 6.45) is -13.5. The van der Waals surface area contributed by atoms with Crippen LogP contribution in [0, 0.1) is 5.41 Å². The molecule has 1 aliphatic carbocycles. The van der Waals surface area contributed by atoms with Gasteiger partial charge in [0.25, 0.3) is 10.0 Å². The molecule has 43 heavy (non-hydrogen) atoms. The fourth-order valence-corrected chi connectivity index (χ4v) is 5.52. The van der Waals surface area contributed by atoms with Crippen LogP contribution in [0.15, 0.2) is 71.0 Å². The molecule has 0 radical (unpaired) electrons. The molecule has 0 bridgehead atoms. The van der Waals surface area contributed by atoms with Gasteiger partial charge in [0.15, 0.2) is 0 Å². The molecule has 236 valence electrons. The van der Waals surface area contributed by atoms with E-state index in [4.69, 9.17) is 9.47 Å². The average Bonchev–Trinajstić information content (AvgIpc) is 3.29. The normalized spacial score (nSPS) is 22.2. The van der Waals surface area contributed by atoms with E-state index < -0.39 is 74.0 Å². The van der Waals surface area contributed by atoms with Gasteiger partial charge in [-0.2, -0.15) is 39.5 Å². The van der Waals surface area contributed by atoms with Crippen molar-refractivity contribution in [1.29, 1.82) is 0 Å². The predicted octanol–water partition coefficient (Wildman–Crippen LogP) is 7.26. The van der Waals surface area contributed by atoms with Gasteiger partial charge in [0.1, 0.15) is 28.8 Å². The highest BCUT2D eigenvalue weighted by Crippen LogP contribution is 2.50. The summed E-state index contributed by atoms with van der Waals surface area (Å²) >= 11 is 0. The monoisotopic (exact) mass is 644 g/mol. The Morgan fingerprint density at radius 3 is 1.98 bits per heavy atom. The molecule has 1 heterocycles. The number of alkyl halides is 9. The van der Waals surface area contributed by atoms with Crippen LogP contribution < -0.4 is 9.46 Å². The van der Waals surface area contributed by atoms with Crippen LogP contribution >= 0.6 is 0 Å². The van der Waals surface area contributed by atoms with E-state index >= 15 is 0 Å². The van der Waals surface area contributed by atoms with Crippen LogP contribution in [0.3, 0.4) is 0 Å². The van der Waals surface area contributed by atoms with Crippen LogP contribution in [0.2, 0.25) is 0 Å². The van der Waals surface area contributed by atoms with Crippen molar-refractivity contribution >= 4 is 10.0 Å². The van der Waals surface area contributed by atoms with Gasteiger partial charge in [-0.15, -0.1) is 0 Å². The Balaban J connectivity index is 1.54. The largest absolute Gasteiger partial charge is 0.492 e. The van der Waals surface area contributed by atoms with Crippen molar-refractivity contribution in [2.75, 3.05) is 20.1 Å². The first-order valence-corrected chi connectivity index (χ1v) is 14.1. The first-order chi connectivity index (χ1) is 19.7. The Labute approximate surface area is 240 Å². The minimum Gasteiger partial charge on any atom is -0.492 e. The van der Waals surface area contributed by atoms with E-state index in [1.165, 1.54) is 0 Å². The van der Waals surface area contributed by atoms with Gasteiger partial charge in [0, 0.05) is 24.9 Å². The van der Waals surface area contributed by atoms with E-state index in [0.29, 0.717) is 31.6 Å². The number of benzene rings is 2. The van der Waals surface area contributed by atoms with Crippen molar-refractivity contribution in [3.63, 3.8) is 0 Å². The lowest BCUT2D eigenvalue weighted by atomic mass is 9.80. The zero-order valence-electron chi connectivity index (χ0n) is 22.5. The molecule has 1 N–H and O–H groups in total. The molecule has 2 aromatic carbocycles. The van der Waals surface area contributed by atoms with Gasteiger partial charge in [-0.25, -0.2) is 8.42 Å². The molecule has 2 atom stereocenters. The van der Waals surface area contributed by atoms with Crippen LogP contribution in [0.5, 0.6) is 11.5 Å². The zero-order chi connectivity index (χ0) is 32.0. The number of nitrogens with zero attached hydrogens (tertiary/aromatic N) is 1. The quantitative estimate of drug-likeness (QED) is 0.322. The Bertz CT molecular complexity index is 1480. The van der Waals surface area contributed by atoms with E-state index in [1.807, 2.05) is 4.90 Å². The summed E-state index contributed by atoms with van der Waals surface area (Å²) < 4.78 is 160. The number of likely N-dealkylation sites (N-methyl/N-ethyl adjacent to an activating group) is 1. The van der Waals surface area contributed by atoms with Gasteiger partial charge in [-0.1, -0.05) is 6.08 Å². The molecule has 0 amide bonds. The van der Waals surface area contributed by atoms with Gasteiger partial charge >= 0.3 is 18.5 Å². The molecule has 2 aromatic rings. The molecular formula is C27H25F9N2O4S. The third-order valence-corrected chi connectivity index (χ3v) is 8.41. The van der Waals surface area contributed by atoms with E-state index in [1.54, 1.807) is 7.05 Å². The molecule has 16 heteroatoms.